The lowest BCUT2D eigenvalue weighted by molar-refractivity contribution is -0.127. The fourth-order valence-electron chi connectivity index (χ4n) is 6.42. The molecule has 1 saturated heterocycles. The van der Waals surface area contributed by atoms with E-state index in [9.17, 15) is 14.4 Å². The summed E-state index contributed by atoms with van der Waals surface area (Å²) in [5, 5.41) is 0.587. The van der Waals surface area contributed by atoms with Gasteiger partial charge in [0, 0.05) is 33.2 Å². The molecule has 1 aliphatic carbocycles. The quantitative estimate of drug-likeness (QED) is 0.386. The van der Waals surface area contributed by atoms with Crippen LogP contribution in [0, 0.1) is 10.8 Å². The largest absolute Gasteiger partial charge is 0.352 e. The zero-order valence-corrected chi connectivity index (χ0v) is 21.1. The molecule has 3 aromatic rings. The van der Waals surface area contributed by atoms with E-state index < -0.39 is 28.8 Å². The molecule has 0 amide bonds. The van der Waals surface area contributed by atoms with Crippen molar-refractivity contribution in [3.05, 3.63) is 106 Å². The van der Waals surface area contributed by atoms with Crippen molar-refractivity contribution in [2.75, 3.05) is 4.90 Å². The molecule has 2 aliphatic heterocycles. The Morgan fingerprint density at radius 3 is 2.11 bits per heavy atom. The molecule has 5 heteroatoms. The molecule has 2 heterocycles. The third-order valence-corrected chi connectivity index (χ3v) is 8.17. The topological polar surface area (TPSA) is 54.5 Å². The predicted octanol–water partition coefficient (Wildman–Crippen LogP) is 6.39. The molecule has 3 atom stereocenters. The van der Waals surface area contributed by atoms with Gasteiger partial charge in [0.05, 0.1) is 12.1 Å². The third kappa shape index (κ3) is 2.91. The van der Waals surface area contributed by atoms with Crippen molar-refractivity contribution in [1.29, 1.82) is 0 Å². The minimum atomic E-state index is -1.45. The Balaban J connectivity index is 1.70. The number of carbonyl (C=O) groups is 3. The van der Waals surface area contributed by atoms with E-state index in [4.69, 9.17) is 11.6 Å². The van der Waals surface area contributed by atoms with Gasteiger partial charge in [0.1, 0.15) is 5.41 Å². The highest BCUT2D eigenvalue weighted by molar-refractivity contribution is 6.32. The number of fused-ring (bicyclic) bond motifs is 5. The first-order valence-corrected chi connectivity index (χ1v) is 12.6. The van der Waals surface area contributed by atoms with E-state index in [1.54, 1.807) is 30.3 Å². The van der Waals surface area contributed by atoms with Gasteiger partial charge in [0.15, 0.2) is 17.3 Å². The highest BCUT2D eigenvalue weighted by Crippen LogP contribution is 2.61. The fraction of sp³-hybridized carbons (Fsp3) is 0.258. The molecule has 0 N–H and O–H groups in total. The minimum Gasteiger partial charge on any atom is -0.352 e. The molecular weight excluding hydrogens is 470 g/mol. The van der Waals surface area contributed by atoms with Crippen LogP contribution in [0.1, 0.15) is 58.5 Å². The Morgan fingerprint density at radius 2 is 1.50 bits per heavy atom. The summed E-state index contributed by atoms with van der Waals surface area (Å²) in [5.41, 5.74) is 1.20. The first kappa shape index (κ1) is 22.9. The molecule has 36 heavy (non-hydrogen) atoms. The fourth-order valence-corrected chi connectivity index (χ4v) is 6.61. The number of carbonyl (C=O) groups excluding carboxylic acids is 3. The van der Waals surface area contributed by atoms with Crippen LogP contribution in [-0.4, -0.2) is 29.4 Å². The van der Waals surface area contributed by atoms with E-state index in [1.807, 2.05) is 80.3 Å². The molecular formula is C31H26ClNO3. The smallest absolute Gasteiger partial charge is 0.180 e. The normalized spacial score (nSPS) is 23.6. The Kier molecular flexibility index (Phi) is 4.94. The minimum absolute atomic E-state index is 0.00835. The second kappa shape index (κ2) is 7.75. The van der Waals surface area contributed by atoms with Crippen molar-refractivity contribution >= 4 is 40.7 Å². The average Bonchev–Trinajstić information content (AvgIpc) is 3.29. The lowest BCUT2D eigenvalue weighted by Crippen LogP contribution is -2.49. The van der Waals surface area contributed by atoms with Crippen LogP contribution in [0.25, 0.3) is 6.08 Å². The molecule has 3 aromatic carbocycles. The number of Topliss-reactive ketones (excluding diaryl/α,β-unsaturated/α-hetero) is 3. The van der Waals surface area contributed by atoms with Gasteiger partial charge in [-0.05, 0) is 29.3 Å². The first-order valence-electron chi connectivity index (χ1n) is 12.2. The predicted molar refractivity (Wildman–Crippen MR) is 142 cm³/mol. The lowest BCUT2D eigenvalue weighted by atomic mass is 9.63. The van der Waals surface area contributed by atoms with Gasteiger partial charge in [-0.3, -0.25) is 14.4 Å². The number of anilines is 1. The van der Waals surface area contributed by atoms with Crippen molar-refractivity contribution in [2.45, 2.75) is 38.8 Å². The average molecular weight is 496 g/mol. The molecule has 0 aromatic heterocycles. The maximum absolute atomic E-state index is 14.4. The zero-order chi connectivity index (χ0) is 25.4. The van der Waals surface area contributed by atoms with Crippen molar-refractivity contribution in [1.82, 2.24) is 0 Å². The van der Waals surface area contributed by atoms with E-state index in [-0.39, 0.29) is 17.3 Å². The SMILES string of the molecule is CC(C)(C)C(=O)[C@H]1[C@H](c2ccccc2)C2(C(=O)c3ccccc3C2=O)[C@@H]2C=Cc3cc(Cl)ccc3N21. The molecule has 1 fully saturated rings. The second-order valence-corrected chi connectivity index (χ2v) is 11.4. The van der Waals surface area contributed by atoms with E-state index in [2.05, 4.69) is 0 Å². The van der Waals surface area contributed by atoms with E-state index in [0.29, 0.717) is 16.1 Å². The van der Waals surface area contributed by atoms with Gasteiger partial charge in [-0.1, -0.05) is 99.1 Å². The Labute approximate surface area is 215 Å². The summed E-state index contributed by atoms with van der Waals surface area (Å²) in [6.45, 7) is 5.69. The van der Waals surface area contributed by atoms with Crippen molar-refractivity contribution in [3.8, 4) is 0 Å². The maximum atomic E-state index is 14.4. The highest BCUT2D eigenvalue weighted by atomic mass is 35.5. The second-order valence-electron chi connectivity index (χ2n) is 10.9. The summed E-state index contributed by atoms with van der Waals surface area (Å²) in [6.07, 6.45) is 3.85. The molecule has 0 bridgehead atoms. The summed E-state index contributed by atoms with van der Waals surface area (Å²) in [4.78, 5) is 45.2. The summed E-state index contributed by atoms with van der Waals surface area (Å²) >= 11 is 6.32. The van der Waals surface area contributed by atoms with Gasteiger partial charge >= 0.3 is 0 Å². The van der Waals surface area contributed by atoms with Gasteiger partial charge < -0.3 is 4.90 Å². The summed E-state index contributed by atoms with van der Waals surface area (Å²) in [7, 11) is 0. The van der Waals surface area contributed by atoms with Crippen molar-refractivity contribution in [2.24, 2.45) is 10.8 Å². The van der Waals surface area contributed by atoms with Crippen LogP contribution in [0.5, 0.6) is 0 Å². The van der Waals surface area contributed by atoms with Crippen molar-refractivity contribution < 1.29 is 14.4 Å². The van der Waals surface area contributed by atoms with Crippen LogP contribution in [0.15, 0.2) is 78.9 Å². The summed E-state index contributed by atoms with van der Waals surface area (Å²) in [6, 6.07) is 20.8. The first-order chi connectivity index (χ1) is 17.2. The number of rotatable bonds is 2. The van der Waals surface area contributed by atoms with E-state index in [1.165, 1.54) is 0 Å². The molecule has 0 radical (unpaired) electrons. The third-order valence-electron chi connectivity index (χ3n) is 7.93. The molecule has 3 aliphatic rings. The standard InChI is InChI=1S/C31H26ClNO3/c1-30(2,3)29(36)26-25(18-9-5-4-6-10-18)31(27(34)21-11-7-8-12-22(21)28(31)35)24-16-13-19-17-20(32)14-15-23(19)33(24)26/h4-17,24-26H,1-3H3/t24-,25-,26+/m0/s1. The molecule has 180 valence electrons. The van der Waals surface area contributed by atoms with Gasteiger partial charge in [-0.25, -0.2) is 0 Å². The Hall–Kier alpha value is -3.50. The molecule has 0 saturated carbocycles. The Bertz CT molecular complexity index is 1430. The molecule has 1 spiro atoms. The van der Waals surface area contributed by atoms with Crippen LogP contribution < -0.4 is 4.90 Å². The van der Waals surface area contributed by atoms with Crippen LogP contribution in [-0.2, 0) is 4.79 Å². The van der Waals surface area contributed by atoms with Gasteiger partial charge in [0.2, 0.25) is 0 Å². The number of nitrogens with zero attached hydrogens (tertiary/aromatic N) is 1. The van der Waals surface area contributed by atoms with Crippen LogP contribution in [0.3, 0.4) is 0 Å². The highest BCUT2D eigenvalue weighted by Gasteiger charge is 2.71. The number of halogens is 1. The van der Waals surface area contributed by atoms with E-state index in [0.717, 1.165) is 16.8 Å². The van der Waals surface area contributed by atoms with Crippen LogP contribution in [0.4, 0.5) is 5.69 Å². The van der Waals surface area contributed by atoms with E-state index >= 15 is 0 Å². The number of ketones is 3. The van der Waals surface area contributed by atoms with Crippen LogP contribution >= 0.6 is 11.6 Å². The number of benzene rings is 3. The lowest BCUT2D eigenvalue weighted by Gasteiger charge is -2.38. The molecule has 6 rings (SSSR count). The number of hydrogen-bond acceptors (Lipinski definition) is 4. The summed E-state index contributed by atoms with van der Waals surface area (Å²) in [5.74, 6) is -1.09. The van der Waals surface area contributed by atoms with Gasteiger partial charge in [-0.2, -0.15) is 0 Å². The number of hydrogen-bond donors (Lipinski definition) is 0. The van der Waals surface area contributed by atoms with Crippen molar-refractivity contribution in [3.63, 3.8) is 0 Å². The zero-order valence-electron chi connectivity index (χ0n) is 20.4. The monoisotopic (exact) mass is 495 g/mol. The van der Waals surface area contributed by atoms with Crippen LogP contribution in [0.2, 0.25) is 5.02 Å². The molecule has 0 unspecified atom stereocenters. The van der Waals surface area contributed by atoms with Gasteiger partial charge in [0.25, 0.3) is 0 Å². The molecule has 4 nitrogen and oxygen atoms in total. The van der Waals surface area contributed by atoms with Gasteiger partial charge in [-0.15, -0.1) is 0 Å². The summed E-state index contributed by atoms with van der Waals surface area (Å²) < 4.78 is 0. The maximum Gasteiger partial charge on any atom is 0.180 e. The Morgan fingerprint density at radius 1 is 0.889 bits per heavy atom.